The first kappa shape index (κ1) is 64.2. The maximum Gasteiger partial charge on any atom is 0.361 e. The summed E-state index contributed by atoms with van der Waals surface area (Å²) in [5.41, 5.74) is 0. The van der Waals surface area contributed by atoms with Crippen LogP contribution < -0.4 is 0 Å². The number of unbranched alkanes of at least 4 members (excludes halogenated alkanes) is 28. The van der Waals surface area contributed by atoms with Crippen LogP contribution in [0, 0.1) is 0 Å². The normalized spacial score (nSPS) is 13.1. The van der Waals surface area contributed by atoms with Gasteiger partial charge >= 0.3 is 17.9 Å². The standard InChI is InChI=1S/C58H105NO8/c1-6-8-10-12-14-16-18-20-22-24-25-26-27-28-29-30-31-33-35-37-39-41-43-45-47-49-56(61)67-54(53-66-58(57(62)63)64-51-50-59(3,4)5)52-65-55(60)48-46-44-42-40-38-36-34-32-23-21-19-17-15-13-11-9-7-2/h18,20-21,23-25,27-28,54,58H,6-17,19,22,26,29-53H2,1-5H3/p+1/b20-18-,23-21-,25-24-,28-27-. The lowest BCUT2D eigenvalue weighted by Crippen LogP contribution is -2.40. The molecule has 0 saturated heterocycles. The van der Waals surface area contributed by atoms with E-state index in [1.54, 1.807) is 0 Å². The van der Waals surface area contributed by atoms with E-state index >= 15 is 0 Å². The molecular formula is C58H106NO8+. The number of allylic oxidation sites excluding steroid dienone is 8. The number of esters is 2. The largest absolute Gasteiger partial charge is 0.477 e. The monoisotopic (exact) mass is 945 g/mol. The van der Waals surface area contributed by atoms with E-state index in [0.717, 1.165) is 51.4 Å². The van der Waals surface area contributed by atoms with Crippen LogP contribution in [0.3, 0.4) is 0 Å². The topological polar surface area (TPSA) is 108 Å². The Morgan fingerprint density at radius 3 is 1.21 bits per heavy atom. The Bertz CT molecular complexity index is 1240. The zero-order valence-corrected chi connectivity index (χ0v) is 44.3. The molecule has 0 amide bonds. The van der Waals surface area contributed by atoms with Gasteiger partial charge in [0.25, 0.3) is 6.29 Å². The van der Waals surface area contributed by atoms with Gasteiger partial charge in [0.15, 0.2) is 6.10 Å². The number of nitrogens with zero attached hydrogens (tertiary/aromatic N) is 1. The van der Waals surface area contributed by atoms with Gasteiger partial charge in [-0.2, -0.15) is 0 Å². The Balaban J connectivity index is 4.28. The molecule has 0 radical (unpaired) electrons. The van der Waals surface area contributed by atoms with Crippen molar-refractivity contribution in [3.05, 3.63) is 48.6 Å². The number of carbonyl (C=O) groups is 3. The van der Waals surface area contributed by atoms with E-state index in [9.17, 15) is 19.5 Å². The van der Waals surface area contributed by atoms with Gasteiger partial charge in [-0.05, 0) is 77.0 Å². The summed E-state index contributed by atoms with van der Waals surface area (Å²) in [6.45, 7) is 4.87. The summed E-state index contributed by atoms with van der Waals surface area (Å²) in [5.74, 6) is -2.01. The van der Waals surface area contributed by atoms with Gasteiger partial charge in [0, 0.05) is 12.8 Å². The fourth-order valence-electron chi connectivity index (χ4n) is 7.72. The lowest BCUT2D eigenvalue weighted by molar-refractivity contribution is -0.870. The molecule has 0 bridgehead atoms. The van der Waals surface area contributed by atoms with Crippen LogP contribution in [0.15, 0.2) is 48.6 Å². The maximum atomic E-state index is 12.9. The summed E-state index contributed by atoms with van der Waals surface area (Å²) in [6.07, 6.45) is 57.5. The molecule has 9 nitrogen and oxygen atoms in total. The number of quaternary nitrogens is 1. The fraction of sp³-hybridized carbons (Fsp3) is 0.810. The van der Waals surface area contributed by atoms with Crippen LogP contribution in [-0.2, 0) is 33.3 Å². The average Bonchev–Trinajstić information content (AvgIpc) is 3.29. The molecule has 390 valence electrons. The summed E-state index contributed by atoms with van der Waals surface area (Å²) < 4.78 is 22.9. The quantitative estimate of drug-likeness (QED) is 0.0211. The molecule has 67 heavy (non-hydrogen) atoms. The van der Waals surface area contributed by atoms with E-state index in [1.165, 1.54) is 161 Å². The average molecular weight is 945 g/mol. The minimum absolute atomic E-state index is 0.185. The highest BCUT2D eigenvalue weighted by Crippen LogP contribution is 2.15. The van der Waals surface area contributed by atoms with E-state index in [-0.39, 0.29) is 32.2 Å². The molecule has 2 atom stereocenters. The highest BCUT2D eigenvalue weighted by Gasteiger charge is 2.25. The van der Waals surface area contributed by atoms with Crippen molar-refractivity contribution in [2.45, 2.75) is 257 Å². The molecule has 0 aromatic heterocycles. The molecule has 0 aliphatic heterocycles. The molecule has 0 aliphatic carbocycles. The van der Waals surface area contributed by atoms with Gasteiger partial charge in [-0.25, -0.2) is 4.79 Å². The van der Waals surface area contributed by atoms with Crippen LogP contribution in [0.5, 0.6) is 0 Å². The second kappa shape index (κ2) is 49.7. The van der Waals surface area contributed by atoms with Crippen LogP contribution >= 0.6 is 0 Å². The Hall–Kier alpha value is -2.75. The molecular weight excluding hydrogens is 839 g/mol. The summed E-state index contributed by atoms with van der Waals surface area (Å²) in [4.78, 5) is 37.4. The number of hydrogen-bond acceptors (Lipinski definition) is 7. The van der Waals surface area contributed by atoms with E-state index in [2.05, 4.69) is 62.5 Å². The first-order valence-electron chi connectivity index (χ1n) is 27.8. The van der Waals surface area contributed by atoms with Gasteiger partial charge in [-0.3, -0.25) is 9.59 Å². The smallest absolute Gasteiger partial charge is 0.361 e. The zero-order valence-electron chi connectivity index (χ0n) is 44.3. The van der Waals surface area contributed by atoms with Gasteiger partial charge in [0.1, 0.15) is 13.2 Å². The number of carboxylic acid groups (broad SMARTS) is 1. The van der Waals surface area contributed by atoms with Crippen molar-refractivity contribution in [2.24, 2.45) is 0 Å². The third kappa shape index (κ3) is 50.9. The van der Waals surface area contributed by atoms with Crippen molar-refractivity contribution in [2.75, 3.05) is 47.5 Å². The molecule has 0 aliphatic rings. The number of rotatable bonds is 51. The second-order valence-electron chi connectivity index (χ2n) is 19.9. The van der Waals surface area contributed by atoms with Crippen molar-refractivity contribution in [1.82, 2.24) is 0 Å². The van der Waals surface area contributed by atoms with E-state index in [1.807, 2.05) is 21.1 Å². The zero-order chi connectivity index (χ0) is 49.2. The minimum atomic E-state index is -1.51. The molecule has 2 unspecified atom stereocenters. The van der Waals surface area contributed by atoms with E-state index in [4.69, 9.17) is 18.9 Å². The SMILES string of the molecule is CCCCCCC/C=C\C/C=C\C/C=C\CCCCCCCCCCCCC(=O)OC(COC(=O)CCCCCCCCC/C=C\CCCCCCCC)COC(OCC[N+](C)(C)C)C(=O)O. The molecule has 0 rings (SSSR count). The van der Waals surface area contributed by atoms with Crippen LogP contribution in [-0.4, -0.2) is 87.4 Å². The Morgan fingerprint density at radius 1 is 0.448 bits per heavy atom. The lowest BCUT2D eigenvalue weighted by Gasteiger charge is -2.25. The number of ether oxygens (including phenoxy) is 4. The van der Waals surface area contributed by atoms with Gasteiger partial charge in [0.2, 0.25) is 0 Å². The fourth-order valence-corrected chi connectivity index (χ4v) is 7.72. The summed E-state index contributed by atoms with van der Waals surface area (Å²) in [6, 6.07) is 0. The van der Waals surface area contributed by atoms with Crippen LogP contribution in [0.2, 0.25) is 0 Å². The van der Waals surface area contributed by atoms with Gasteiger partial charge < -0.3 is 28.5 Å². The molecule has 0 saturated carbocycles. The van der Waals surface area contributed by atoms with Gasteiger partial charge in [-0.1, -0.05) is 204 Å². The molecule has 0 spiro atoms. The van der Waals surface area contributed by atoms with Crippen molar-refractivity contribution in [3.8, 4) is 0 Å². The highest BCUT2D eigenvalue weighted by molar-refractivity contribution is 5.71. The maximum absolute atomic E-state index is 12.9. The Labute approximate surface area is 412 Å². The molecule has 1 N–H and O–H groups in total. The van der Waals surface area contributed by atoms with Crippen molar-refractivity contribution < 1.29 is 42.9 Å². The molecule has 0 heterocycles. The summed E-state index contributed by atoms with van der Waals surface area (Å²) in [7, 11) is 5.96. The van der Waals surface area contributed by atoms with Crippen molar-refractivity contribution >= 4 is 17.9 Å². The third-order valence-corrected chi connectivity index (χ3v) is 12.1. The van der Waals surface area contributed by atoms with Gasteiger partial charge in [0.05, 0.1) is 34.4 Å². The first-order chi connectivity index (χ1) is 32.6. The minimum Gasteiger partial charge on any atom is -0.477 e. The number of aliphatic carboxylic acids is 1. The van der Waals surface area contributed by atoms with Crippen LogP contribution in [0.4, 0.5) is 0 Å². The Kier molecular flexibility index (Phi) is 47.6. The summed E-state index contributed by atoms with van der Waals surface area (Å²) >= 11 is 0. The summed E-state index contributed by atoms with van der Waals surface area (Å²) in [5, 5.41) is 9.69. The first-order valence-corrected chi connectivity index (χ1v) is 27.8. The molecule has 0 aromatic carbocycles. The van der Waals surface area contributed by atoms with Crippen molar-refractivity contribution in [3.63, 3.8) is 0 Å². The Morgan fingerprint density at radius 2 is 0.806 bits per heavy atom. The number of likely N-dealkylation sites (N-methyl/N-ethyl adjacent to an activating group) is 1. The second-order valence-corrected chi connectivity index (χ2v) is 19.9. The predicted octanol–water partition coefficient (Wildman–Crippen LogP) is 15.9. The third-order valence-electron chi connectivity index (χ3n) is 12.1. The molecule has 0 fully saturated rings. The highest BCUT2D eigenvalue weighted by atomic mass is 16.7. The number of carboxylic acids is 1. The van der Waals surface area contributed by atoms with E-state index < -0.39 is 24.3 Å². The van der Waals surface area contributed by atoms with E-state index in [0.29, 0.717) is 23.9 Å². The molecule has 0 aromatic rings. The lowest BCUT2D eigenvalue weighted by atomic mass is 10.0. The predicted molar refractivity (Wildman–Crippen MR) is 281 cm³/mol. The number of carbonyl (C=O) groups excluding carboxylic acids is 2. The van der Waals surface area contributed by atoms with Crippen molar-refractivity contribution in [1.29, 1.82) is 0 Å². The van der Waals surface area contributed by atoms with Crippen LogP contribution in [0.1, 0.15) is 245 Å². The van der Waals surface area contributed by atoms with Gasteiger partial charge in [-0.15, -0.1) is 0 Å². The number of hydrogen-bond donors (Lipinski definition) is 1. The van der Waals surface area contributed by atoms with Crippen LogP contribution in [0.25, 0.3) is 0 Å². The molecule has 9 heteroatoms.